The summed E-state index contributed by atoms with van der Waals surface area (Å²) in [5.41, 5.74) is 5.77. The lowest BCUT2D eigenvalue weighted by Gasteiger charge is -2.17. The van der Waals surface area contributed by atoms with E-state index < -0.39 is 0 Å². The van der Waals surface area contributed by atoms with Gasteiger partial charge in [-0.15, -0.1) is 0 Å². The average molecular weight is 200 g/mol. The minimum atomic E-state index is 0.752. The van der Waals surface area contributed by atoms with Crippen molar-refractivity contribution in [1.29, 1.82) is 0 Å². The number of hydrogen-bond acceptors (Lipinski definition) is 2. The third-order valence-electron chi connectivity index (χ3n) is 4.52. The smallest absolute Gasteiger partial charge is 0.0699 e. The molecule has 1 aromatic heterocycles. The van der Waals surface area contributed by atoms with Gasteiger partial charge in [0, 0.05) is 11.8 Å². The van der Waals surface area contributed by atoms with Crippen LogP contribution in [0.25, 0.3) is 0 Å². The summed E-state index contributed by atoms with van der Waals surface area (Å²) >= 11 is 0. The van der Waals surface area contributed by atoms with Crippen molar-refractivity contribution in [3.63, 3.8) is 0 Å². The minimum absolute atomic E-state index is 0.752. The number of hydrogen-bond donors (Lipinski definition) is 0. The molecule has 2 bridgehead atoms. The Morgan fingerprint density at radius 2 is 1.53 bits per heavy atom. The van der Waals surface area contributed by atoms with Crippen molar-refractivity contribution < 1.29 is 0 Å². The molecule has 0 amide bonds. The predicted octanol–water partition coefficient (Wildman–Crippen LogP) is 3.03. The molecule has 78 valence electrons. The van der Waals surface area contributed by atoms with Crippen LogP contribution in [0.1, 0.15) is 72.4 Å². The van der Waals surface area contributed by atoms with Crippen molar-refractivity contribution in [2.75, 3.05) is 0 Å². The molecule has 3 aliphatic rings. The summed E-state index contributed by atoms with van der Waals surface area (Å²) < 4.78 is 0. The Morgan fingerprint density at radius 3 is 2.33 bits per heavy atom. The van der Waals surface area contributed by atoms with Crippen LogP contribution in [0.3, 0.4) is 0 Å². The quantitative estimate of drug-likeness (QED) is 0.696. The molecule has 1 heterocycles. The maximum absolute atomic E-state index is 4.51. The van der Waals surface area contributed by atoms with Crippen molar-refractivity contribution in [3.8, 4) is 0 Å². The standard InChI is InChI=1S/C13H16N2/c1-7-11-9-4-5-10(6-9)13(11)15-14-12(7)8-2-3-8/h8-10H,2-6H2,1H3/t9-,10-/m0/s1. The second kappa shape index (κ2) is 2.60. The van der Waals surface area contributed by atoms with Crippen LogP contribution in [0.15, 0.2) is 0 Å². The molecule has 2 nitrogen and oxygen atoms in total. The molecule has 0 N–H and O–H groups in total. The number of aromatic nitrogens is 2. The van der Waals surface area contributed by atoms with Gasteiger partial charge in [0.25, 0.3) is 0 Å². The van der Waals surface area contributed by atoms with Crippen LogP contribution in [0, 0.1) is 6.92 Å². The van der Waals surface area contributed by atoms with E-state index in [9.17, 15) is 0 Å². The van der Waals surface area contributed by atoms with E-state index in [1.54, 1.807) is 5.56 Å². The summed E-state index contributed by atoms with van der Waals surface area (Å²) in [5.74, 6) is 2.34. The van der Waals surface area contributed by atoms with Gasteiger partial charge in [0.05, 0.1) is 11.4 Å². The summed E-state index contributed by atoms with van der Waals surface area (Å²) in [5, 5.41) is 8.99. The Kier molecular flexibility index (Phi) is 1.43. The average Bonchev–Trinajstić information content (AvgIpc) is 2.88. The fourth-order valence-corrected chi connectivity index (χ4v) is 3.62. The van der Waals surface area contributed by atoms with E-state index in [0.29, 0.717) is 0 Å². The van der Waals surface area contributed by atoms with Crippen LogP contribution in [-0.2, 0) is 0 Å². The molecular weight excluding hydrogens is 184 g/mol. The molecule has 15 heavy (non-hydrogen) atoms. The molecule has 0 aromatic carbocycles. The Labute approximate surface area is 90.1 Å². The van der Waals surface area contributed by atoms with E-state index in [2.05, 4.69) is 17.1 Å². The fraction of sp³-hybridized carbons (Fsp3) is 0.692. The molecular formula is C13H16N2. The third-order valence-corrected chi connectivity index (χ3v) is 4.52. The molecule has 0 spiro atoms. The summed E-state index contributed by atoms with van der Waals surface area (Å²) in [4.78, 5) is 0. The third kappa shape index (κ3) is 1.000. The van der Waals surface area contributed by atoms with Crippen LogP contribution in [0.5, 0.6) is 0 Å². The van der Waals surface area contributed by atoms with Gasteiger partial charge in [-0.2, -0.15) is 10.2 Å². The topological polar surface area (TPSA) is 25.8 Å². The van der Waals surface area contributed by atoms with Crippen LogP contribution < -0.4 is 0 Å². The first kappa shape index (κ1) is 8.26. The highest BCUT2D eigenvalue weighted by Crippen LogP contribution is 2.54. The lowest BCUT2D eigenvalue weighted by Crippen LogP contribution is -2.08. The SMILES string of the molecule is Cc1c(C2CC2)nnc2c1[C@H]1CC[C@H]2C1. The molecule has 1 aromatic rings. The van der Waals surface area contributed by atoms with Crippen molar-refractivity contribution in [2.45, 2.75) is 56.8 Å². The number of nitrogens with zero attached hydrogens (tertiary/aromatic N) is 2. The lowest BCUT2D eigenvalue weighted by molar-refractivity contribution is 0.667. The minimum Gasteiger partial charge on any atom is -0.155 e. The van der Waals surface area contributed by atoms with Gasteiger partial charge in [-0.1, -0.05) is 0 Å². The Balaban J connectivity index is 1.91. The fourth-order valence-electron chi connectivity index (χ4n) is 3.62. The molecule has 2 heteroatoms. The first-order valence-corrected chi connectivity index (χ1v) is 6.21. The van der Waals surface area contributed by atoms with Gasteiger partial charge in [0.15, 0.2) is 0 Å². The first-order valence-electron chi connectivity index (χ1n) is 6.21. The van der Waals surface area contributed by atoms with Crippen LogP contribution >= 0.6 is 0 Å². The van der Waals surface area contributed by atoms with E-state index >= 15 is 0 Å². The van der Waals surface area contributed by atoms with Gasteiger partial charge in [0.1, 0.15) is 0 Å². The second-order valence-electron chi connectivity index (χ2n) is 5.49. The van der Waals surface area contributed by atoms with Gasteiger partial charge >= 0.3 is 0 Å². The summed E-state index contributed by atoms with van der Waals surface area (Å²) in [6.45, 7) is 2.28. The highest BCUT2D eigenvalue weighted by molar-refractivity contribution is 5.44. The van der Waals surface area contributed by atoms with E-state index in [1.165, 1.54) is 49.1 Å². The zero-order valence-electron chi connectivity index (χ0n) is 9.16. The van der Waals surface area contributed by atoms with Crippen molar-refractivity contribution in [2.24, 2.45) is 0 Å². The van der Waals surface area contributed by atoms with Crippen molar-refractivity contribution in [1.82, 2.24) is 10.2 Å². The maximum Gasteiger partial charge on any atom is 0.0699 e. The van der Waals surface area contributed by atoms with Gasteiger partial charge < -0.3 is 0 Å². The first-order chi connectivity index (χ1) is 7.34. The number of rotatable bonds is 1. The normalized spacial score (nSPS) is 32.1. The molecule has 2 atom stereocenters. The zero-order valence-corrected chi connectivity index (χ0v) is 9.16. The van der Waals surface area contributed by atoms with E-state index in [0.717, 1.165) is 17.8 Å². The van der Waals surface area contributed by atoms with E-state index in [-0.39, 0.29) is 0 Å². The molecule has 3 aliphatic carbocycles. The highest BCUT2D eigenvalue weighted by atomic mass is 15.1. The molecule has 2 fully saturated rings. The molecule has 0 aliphatic heterocycles. The Bertz CT molecular complexity index is 434. The summed E-state index contributed by atoms with van der Waals surface area (Å²) in [6.07, 6.45) is 6.78. The molecule has 4 rings (SSSR count). The molecule has 0 unspecified atom stereocenters. The predicted molar refractivity (Wildman–Crippen MR) is 58.1 cm³/mol. The van der Waals surface area contributed by atoms with Gasteiger partial charge in [-0.3, -0.25) is 0 Å². The summed E-state index contributed by atoms with van der Waals surface area (Å²) in [6, 6.07) is 0. The Morgan fingerprint density at radius 1 is 0.867 bits per heavy atom. The van der Waals surface area contributed by atoms with Crippen molar-refractivity contribution in [3.05, 3.63) is 22.5 Å². The maximum atomic E-state index is 4.51. The molecule has 0 saturated heterocycles. The highest BCUT2D eigenvalue weighted by Gasteiger charge is 2.41. The zero-order chi connectivity index (χ0) is 9.99. The van der Waals surface area contributed by atoms with Gasteiger partial charge in [0.2, 0.25) is 0 Å². The van der Waals surface area contributed by atoms with Crippen LogP contribution in [-0.4, -0.2) is 10.2 Å². The largest absolute Gasteiger partial charge is 0.155 e. The van der Waals surface area contributed by atoms with Gasteiger partial charge in [-0.05, 0) is 56.1 Å². The molecule has 2 saturated carbocycles. The van der Waals surface area contributed by atoms with Crippen LogP contribution in [0.2, 0.25) is 0 Å². The summed E-state index contributed by atoms with van der Waals surface area (Å²) in [7, 11) is 0. The van der Waals surface area contributed by atoms with E-state index in [1.807, 2.05) is 0 Å². The van der Waals surface area contributed by atoms with Crippen molar-refractivity contribution >= 4 is 0 Å². The lowest BCUT2D eigenvalue weighted by atomic mass is 9.91. The molecule has 0 radical (unpaired) electrons. The van der Waals surface area contributed by atoms with Gasteiger partial charge in [-0.25, -0.2) is 0 Å². The number of fused-ring (bicyclic) bond motifs is 5. The van der Waals surface area contributed by atoms with E-state index in [4.69, 9.17) is 0 Å². The van der Waals surface area contributed by atoms with Crippen LogP contribution in [0.4, 0.5) is 0 Å². The monoisotopic (exact) mass is 200 g/mol. The second-order valence-corrected chi connectivity index (χ2v) is 5.49. The Hall–Kier alpha value is -0.920.